The third-order valence-corrected chi connectivity index (χ3v) is 4.62. The number of benzene rings is 2. The molecule has 2 aromatic heterocycles. The van der Waals surface area contributed by atoms with E-state index >= 15 is 0 Å². The summed E-state index contributed by atoms with van der Waals surface area (Å²) in [4.78, 5) is 38.1. The first-order chi connectivity index (χ1) is 16.5. The lowest BCUT2D eigenvalue weighted by atomic mass is 10.1. The van der Waals surface area contributed by atoms with Gasteiger partial charge in [0.1, 0.15) is 24.7 Å². The van der Waals surface area contributed by atoms with E-state index in [1.165, 1.54) is 10.9 Å². The Balaban J connectivity index is 1.16. The fraction of sp³-hybridized carbons (Fsp3) is 0.190. The predicted molar refractivity (Wildman–Crippen MR) is 117 cm³/mol. The highest BCUT2D eigenvalue weighted by Gasteiger charge is 2.16. The second kappa shape index (κ2) is 10.2. The number of nitrogens with zero attached hydrogens (tertiary/aromatic N) is 5. The molecule has 13 nitrogen and oxygen atoms in total. The Labute approximate surface area is 191 Å². The number of hydrogen-bond acceptors (Lipinski definition) is 9. The monoisotopic (exact) mass is 465 g/mol. The maximum atomic E-state index is 12.1. The lowest BCUT2D eigenvalue weighted by Gasteiger charge is -2.08. The molecular formula is C21H19N7O6. The highest BCUT2D eigenvalue weighted by atomic mass is 16.6. The molecule has 4 rings (SSSR count). The maximum absolute atomic E-state index is 12.1. The van der Waals surface area contributed by atoms with Crippen molar-refractivity contribution in [3.05, 3.63) is 76.7 Å². The van der Waals surface area contributed by atoms with Crippen molar-refractivity contribution < 1.29 is 23.8 Å². The molecule has 2 heterocycles. The molecule has 0 saturated heterocycles. The number of ether oxygens (including phenoxy) is 1. The summed E-state index contributed by atoms with van der Waals surface area (Å²) in [6.07, 6.45) is 2.30. The van der Waals surface area contributed by atoms with Crippen molar-refractivity contribution in [1.82, 2.24) is 30.6 Å². The number of nitro groups is 1. The number of amides is 2. The van der Waals surface area contributed by atoms with Crippen LogP contribution >= 0.6 is 0 Å². The number of fused-ring (bicyclic) bond motifs is 1. The minimum atomic E-state index is -0.619. The molecule has 34 heavy (non-hydrogen) atoms. The minimum absolute atomic E-state index is 0.00210. The van der Waals surface area contributed by atoms with Crippen LogP contribution in [0.1, 0.15) is 16.5 Å². The van der Waals surface area contributed by atoms with E-state index in [0.717, 1.165) is 17.0 Å². The summed E-state index contributed by atoms with van der Waals surface area (Å²) in [5.74, 6) is -0.522. The zero-order chi connectivity index (χ0) is 23.9. The summed E-state index contributed by atoms with van der Waals surface area (Å²) < 4.78 is 11.7. The Morgan fingerprint density at radius 3 is 2.71 bits per heavy atom. The molecule has 0 unspecified atom stereocenters. The largest absolute Gasteiger partial charge is 0.484 e. The van der Waals surface area contributed by atoms with Crippen LogP contribution in [0.3, 0.4) is 0 Å². The molecule has 0 aliphatic rings. The standard InChI is InChI=1S/C21H19N7O6/c29-19(13-33-17-6-5-14-3-1-2-4-15(14)9-17)22-7-8-23-20(30)21-25-18(26-34-21)12-27-11-16(10-24-27)28(31)32/h1-6,9-11H,7-8,12-13H2,(H,22,29)(H,23,30). The van der Waals surface area contributed by atoms with Crippen LogP contribution < -0.4 is 15.4 Å². The first-order valence-corrected chi connectivity index (χ1v) is 10.1. The van der Waals surface area contributed by atoms with Gasteiger partial charge in [-0.2, -0.15) is 10.1 Å². The molecule has 0 saturated carbocycles. The molecule has 2 N–H and O–H groups in total. The van der Waals surface area contributed by atoms with E-state index in [1.54, 1.807) is 6.07 Å². The van der Waals surface area contributed by atoms with Gasteiger partial charge in [0.15, 0.2) is 12.4 Å². The molecule has 174 valence electrons. The van der Waals surface area contributed by atoms with Gasteiger partial charge in [-0.1, -0.05) is 35.5 Å². The van der Waals surface area contributed by atoms with Crippen LogP contribution in [0.4, 0.5) is 5.69 Å². The zero-order valence-corrected chi connectivity index (χ0v) is 17.7. The summed E-state index contributed by atoms with van der Waals surface area (Å²) in [5.41, 5.74) is -0.175. The number of hydrogen-bond donors (Lipinski definition) is 2. The van der Waals surface area contributed by atoms with Crippen LogP contribution in [-0.4, -0.2) is 56.4 Å². The van der Waals surface area contributed by atoms with Gasteiger partial charge in [0, 0.05) is 13.1 Å². The van der Waals surface area contributed by atoms with Crippen molar-refractivity contribution >= 4 is 28.3 Å². The number of carbonyl (C=O) groups is 2. The Kier molecular flexibility index (Phi) is 6.72. The molecule has 0 radical (unpaired) electrons. The van der Waals surface area contributed by atoms with E-state index in [9.17, 15) is 19.7 Å². The van der Waals surface area contributed by atoms with Crippen molar-refractivity contribution in [3.63, 3.8) is 0 Å². The Morgan fingerprint density at radius 2 is 1.91 bits per heavy atom. The normalized spacial score (nSPS) is 10.7. The fourth-order valence-corrected chi connectivity index (χ4v) is 3.00. The Hall–Kier alpha value is -4.81. The topological polar surface area (TPSA) is 167 Å². The van der Waals surface area contributed by atoms with Crippen LogP contribution in [0, 0.1) is 10.1 Å². The molecule has 0 aliphatic heterocycles. The molecule has 4 aromatic rings. The summed E-state index contributed by atoms with van der Waals surface area (Å²) in [7, 11) is 0. The van der Waals surface area contributed by atoms with Gasteiger partial charge in [-0.05, 0) is 22.9 Å². The Bertz CT molecular complexity index is 1330. The van der Waals surface area contributed by atoms with Crippen LogP contribution in [0.15, 0.2) is 59.4 Å². The molecule has 0 aliphatic carbocycles. The second-order valence-corrected chi connectivity index (χ2v) is 7.07. The SMILES string of the molecule is O=C(COc1ccc2ccccc2c1)NCCNC(=O)c1nc(Cn2cc([N+](=O)[O-])cn2)no1. The van der Waals surface area contributed by atoms with E-state index in [-0.39, 0.29) is 49.6 Å². The van der Waals surface area contributed by atoms with Crippen molar-refractivity contribution in [3.8, 4) is 5.75 Å². The first kappa shape index (κ1) is 22.4. The van der Waals surface area contributed by atoms with Crippen molar-refractivity contribution in [1.29, 1.82) is 0 Å². The van der Waals surface area contributed by atoms with Gasteiger partial charge < -0.3 is 19.9 Å². The average Bonchev–Trinajstić information content (AvgIpc) is 3.50. The zero-order valence-electron chi connectivity index (χ0n) is 17.7. The van der Waals surface area contributed by atoms with Crippen LogP contribution in [0.5, 0.6) is 5.75 Å². The smallest absolute Gasteiger partial charge is 0.316 e. The van der Waals surface area contributed by atoms with Gasteiger partial charge in [-0.25, -0.2) is 0 Å². The van der Waals surface area contributed by atoms with Crippen LogP contribution in [-0.2, 0) is 11.3 Å². The predicted octanol–water partition coefficient (Wildman–Crippen LogP) is 1.30. The lowest BCUT2D eigenvalue weighted by Crippen LogP contribution is -2.36. The minimum Gasteiger partial charge on any atom is -0.484 e. The lowest BCUT2D eigenvalue weighted by molar-refractivity contribution is -0.385. The van der Waals surface area contributed by atoms with E-state index in [4.69, 9.17) is 9.26 Å². The van der Waals surface area contributed by atoms with Gasteiger partial charge >= 0.3 is 17.5 Å². The third-order valence-electron chi connectivity index (χ3n) is 4.62. The molecule has 0 fully saturated rings. The van der Waals surface area contributed by atoms with Crippen molar-refractivity contribution in [2.75, 3.05) is 19.7 Å². The number of nitrogens with one attached hydrogen (secondary N) is 2. The molecular weight excluding hydrogens is 446 g/mol. The first-order valence-electron chi connectivity index (χ1n) is 10.1. The van der Waals surface area contributed by atoms with E-state index in [0.29, 0.717) is 5.75 Å². The van der Waals surface area contributed by atoms with Gasteiger partial charge in [-0.3, -0.25) is 24.4 Å². The van der Waals surface area contributed by atoms with Gasteiger partial charge in [0.05, 0.1) is 4.92 Å². The highest BCUT2D eigenvalue weighted by molar-refractivity contribution is 5.89. The summed E-state index contributed by atoms with van der Waals surface area (Å²) in [5, 5.41) is 25.4. The molecule has 0 atom stereocenters. The van der Waals surface area contributed by atoms with Crippen LogP contribution in [0.25, 0.3) is 10.8 Å². The van der Waals surface area contributed by atoms with Crippen LogP contribution in [0.2, 0.25) is 0 Å². The third kappa shape index (κ3) is 5.70. The van der Waals surface area contributed by atoms with E-state index in [1.807, 2.05) is 36.4 Å². The highest BCUT2D eigenvalue weighted by Crippen LogP contribution is 2.20. The number of carbonyl (C=O) groups excluding carboxylic acids is 2. The molecule has 2 amide bonds. The second-order valence-electron chi connectivity index (χ2n) is 7.07. The van der Waals surface area contributed by atoms with Gasteiger partial charge in [0.2, 0.25) is 0 Å². The van der Waals surface area contributed by atoms with E-state index < -0.39 is 10.8 Å². The molecule has 0 bridgehead atoms. The van der Waals surface area contributed by atoms with Crippen molar-refractivity contribution in [2.24, 2.45) is 0 Å². The van der Waals surface area contributed by atoms with Gasteiger partial charge in [-0.15, -0.1) is 0 Å². The average molecular weight is 465 g/mol. The number of rotatable bonds is 10. The van der Waals surface area contributed by atoms with Crippen molar-refractivity contribution in [2.45, 2.75) is 6.54 Å². The fourth-order valence-electron chi connectivity index (χ4n) is 3.00. The molecule has 0 spiro atoms. The number of aromatic nitrogens is 4. The quantitative estimate of drug-likeness (QED) is 0.199. The Morgan fingerprint density at radius 1 is 1.12 bits per heavy atom. The molecule has 13 heteroatoms. The maximum Gasteiger partial charge on any atom is 0.316 e. The van der Waals surface area contributed by atoms with Gasteiger partial charge in [0.25, 0.3) is 5.91 Å². The van der Waals surface area contributed by atoms with E-state index in [2.05, 4.69) is 25.9 Å². The summed E-state index contributed by atoms with van der Waals surface area (Å²) >= 11 is 0. The summed E-state index contributed by atoms with van der Waals surface area (Å²) in [6.45, 7) is 0.135. The molecule has 2 aromatic carbocycles. The summed E-state index contributed by atoms with van der Waals surface area (Å²) in [6, 6.07) is 13.4.